The first-order chi connectivity index (χ1) is 11.8. The van der Waals surface area contributed by atoms with E-state index >= 15 is 0 Å². The molecule has 0 radical (unpaired) electrons. The van der Waals surface area contributed by atoms with Gasteiger partial charge in [0.05, 0.1) is 6.10 Å². The highest BCUT2D eigenvalue weighted by Crippen LogP contribution is 2.10. The second-order valence-corrected chi connectivity index (χ2v) is 7.32. The summed E-state index contributed by atoms with van der Waals surface area (Å²) in [4.78, 5) is 20.2. The molecular weight excluding hydrogens is 445 g/mol. The molecule has 1 rings (SSSR count). The molecular formula is C18H38IN5O2. The number of carbonyl (C=O) groups is 1. The van der Waals surface area contributed by atoms with E-state index in [1.807, 2.05) is 0 Å². The molecule has 0 saturated carbocycles. The minimum absolute atomic E-state index is 0. The van der Waals surface area contributed by atoms with Gasteiger partial charge in [-0.2, -0.15) is 0 Å². The van der Waals surface area contributed by atoms with E-state index in [1.54, 1.807) is 19.0 Å². The molecule has 26 heavy (non-hydrogen) atoms. The molecule has 1 aliphatic rings. The van der Waals surface area contributed by atoms with E-state index in [-0.39, 0.29) is 42.5 Å². The number of ether oxygens (including phenoxy) is 1. The average molecular weight is 483 g/mol. The van der Waals surface area contributed by atoms with Crippen LogP contribution in [0.5, 0.6) is 0 Å². The highest BCUT2D eigenvalue weighted by atomic mass is 127. The summed E-state index contributed by atoms with van der Waals surface area (Å²) in [6.07, 6.45) is 2.42. The normalized spacial score (nSPS) is 17.6. The number of carbonyl (C=O) groups excluding carboxylic acids is 1. The first kappa shape index (κ1) is 25.4. The molecule has 0 bridgehead atoms. The minimum atomic E-state index is -0.01000. The first-order valence-corrected chi connectivity index (χ1v) is 9.41. The van der Waals surface area contributed by atoms with Crippen LogP contribution in [-0.2, 0) is 9.53 Å². The lowest BCUT2D eigenvalue weighted by atomic mass is 10.2. The van der Waals surface area contributed by atoms with Gasteiger partial charge in [0.25, 0.3) is 0 Å². The van der Waals surface area contributed by atoms with Gasteiger partial charge in [0, 0.05) is 52.4 Å². The molecule has 0 aromatic heterocycles. The molecule has 1 heterocycles. The maximum atomic E-state index is 11.8. The molecule has 0 aromatic carbocycles. The monoisotopic (exact) mass is 483 g/mol. The molecule has 0 aliphatic carbocycles. The van der Waals surface area contributed by atoms with E-state index in [1.165, 1.54) is 0 Å². The molecule has 0 spiro atoms. The summed E-state index contributed by atoms with van der Waals surface area (Å²) >= 11 is 0. The Hall–Kier alpha value is -0.610. The van der Waals surface area contributed by atoms with Crippen molar-refractivity contribution in [1.82, 2.24) is 20.4 Å². The van der Waals surface area contributed by atoms with Crippen LogP contribution in [-0.4, -0.2) is 86.7 Å². The number of guanidine groups is 1. The van der Waals surface area contributed by atoms with Crippen LogP contribution >= 0.6 is 24.0 Å². The van der Waals surface area contributed by atoms with Gasteiger partial charge in [-0.1, -0.05) is 0 Å². The zero-order valence-electron chi connectivity index (χ0n) is 17.2. The van der Waals surface area contributed by atoms with Crippen LogP contribution in [0.15, 0.2) is 4.99 Å². The number of hydrogen-bond acceptors (Lipinski definition) is 4. The van der Waals surface area contributed by atoms with E-state index in [2.05, 4.69) is 48.2 Å². The maximum Gasteiger partial charge on any atom is 0.243 e. The first-order valence-electron chi connectivity index (χ1n) is 9.41. The Balaban J connectivity index is 0.00000625. The van der Waals surface area contributed by atoms with Crippen molar-refractivity contribution >= 4 is 35.8 Å². The molecule has 154 valence electrons. The van der Waals surface area contributed by atoms with Crippen molar-refractivity contribution in [2.24, 2.45) is 4.99 Å². The quantitative estimate of drug-likeness (QED) is 0.296. The third kappa shape index (κ3) is 9.91. The number of nitrogens with zero attached hydrogens (tertiary/aromatic N) is 3. The number of aliphatic imine (C=N–C) groups is 1. The number of amides is 1. The second-order valence-electron chi connectivity index (χ2n) is 7.32. The van der Waals surface area contributed by atoms with Gasteiger partial charge in [-0.3, -0.25) is 9.69 Å². The van der Waals surface area contributed by atoms with E-state index < -0.39 is 0 Å². The molecule has 8 heteroatoms. The lowest BCUT2D eigenvalue weighted by Crippen LogP contribution is -2.46. The van der Waals surface area contributed by atoms with E-state index in [9.17, 15) is 4.79 Å². The largest absolute Gasteiger partial charge is 0.376 e. The third-order valence-corrected chi connectivity index (χ3v) is 4.38. The lowest BCUT2D eigenvalue weighted by Gasteiger charge is -2.30. The van der Waals surface area contributed by atoms with Crippen LogP contribution in [0.3, 0.4) is 0 Å². The van der Waals surface area contributed by atoms with Crippen LogP contribution in [0.2, 0.25) is 0 Å². The molecule has 1 amide bonds. The highest BCUT2D eigenvalue weighted by Gasteiger charge is 2.16. The Kier molecular flexibility index (Phi) is 13.2. The van der Waals surface area contributed by atoms with E-state index in [0.717, 1.165) is 39.1 Å². The number of hydrogen-bond donors (Lipinski definition) is 2. The molecule has 1 atom stereocenters. The van der Waals surface area contributed by atoms with Crippen LogP contribution in [0.4, 0.5) is 0 Å². The van der Waals surface area contributed by atoms with Crippen molar-refractivity contribution in [1.29, 1.82) is 0 Å². The smallest absolute Gasteiger partial charge is 0.243 e. The van der Waals surface area contributed by atoms with Gasteiger partial charge in [0.1, 0.15) is 6.54 Å². The predicted molar refractivity (Wildman–Crippen MR) is 118 cm³/mol. The SMILES string of the molecule is CC(C)N(CCNC(=NCC(=O)N(C)C)NCC1CCCO1)C(C)C.I. The van der Waals surface area contributed by atoms with Crippen molar-refractivity contribution in [2.75, 3.05) is 46.9 Å². The number of rotatable bonds is 9. The summed E-state index contributed by atoms with van der Waals surface area (Å²) in [5.41, 5.74) is 0. The maximum absolute atomic E-state index is 11.8. The summed E-state index contributed by atoms with van der Waals surface area (Å²) in [6.45, 7) is 12.2. The van der Waals surface area contributed by atoms with Crippen molar-refractivity contribution in [3.8, 4) is 0 Å². The van der Waals surface area contributed by atoms with Crippen LogP contribution in [0.25, 0.3) is 0 Å². The van der Waals surface area contributed by atoms with Crippen LogP contribution in [0, 0.1) is 0 Å². The summed E-state index contributed by atoms with van der Waals surface area (Å²) in [5, 5.41) is 6.66. The standard InChI is InChI=1S/C18H37N5O2.HI/c1-14(2)23(15(3)4)10-9-19-18(21-13-17(24)22(5)6)20-12-16-8-7-11-25-16;/h14-16H,7-13H2,1-6H3,(H2,19,20,21);1H. The zero-order chi connectivity index (χ0) is 18.8. The molecule has 7 nitrogen and oxygen atoms in total. The fourth-order valence-corrected chi connectivity index (χ4v) is 2.89. The fraction of sp³-hybridized carbons (Fsp3) is 0.889. The summed E-state index contributed by atoms with van der Waals surface area (Å²) in [5.74, 6) is 0.669. The molecule has 1 fully saturated rings. The Morgan fingerprint density at radius 3 is 2.35 bits per heavy atom. The number of likely N-dealkylation sites (N-methyl/N-ethyl adjacent to an activating group) is 1. The molecule has 1 aliphatic heterocycles. The van der Waals surface area contributed by atoms with Gasteiger partial charge in [-0.15, -0.1) is 24.0 Å². The predicted octanol–water partition coefficient (Wildman–Crippen LogP) is 1.53. The van der Waals surface area contributed by atoms with Crippen molar-refractivity contribution < 1.29 is 9.53 Å². The van der Waals surface area contributed by atoms with Gasteiger partial charge in [-0.05, 0) is 40.5 Å². The Bertz CT molecular complexity index is 416. The Morgan fingerprint density at radius 1 is 1.19 bits per heavy atom. The van der Waals surface area contributed by atoms with Crippen LogP contribution < -0.4 is 10.6 Å². The minimum Gasteiger partial charge on any atom is -0.376 e. The molecule has 0 aromatic rings. The fourth-order valence-electron chi connectivity index (χ4n) is 2.89. The van der Waals surface area contributed by atoms with Crippen LogP contribution in [0.1, 0.15) is 40.5 Å². The Labute approximate surface area is 176 Å². The summed E-state index contributed by atoms with van der Waals surface area (Å²) in [6, 6.07) is 0.995. The average Bonchev–Trinajstić information content (AvgIpc) is 3.05. The van der Waals surface area contributed by atoms with Gasteiger partial charge in [0.15, 0.2) is 5.96 Å². The summed E-state index contributed by atoms with van der Waals surface area (Å²) < 4.78 is 5.64. The van der Waals surface area contributed by atoms with Crippen molar-refractivity contribution in [3.05, 3.63) is 0 Å². The zero-order valence-corrected chi connectivity index (χ0v) is 19.6. The van der Waals surface area contributed by atoms with Crippen molar-refractivity contribution in [2.45, 2.75) is 58.7 Å². The van der Waals surface area contributed by atoms with Crippen molar-refractivity contribution in [3.63, 3.8) is 0 Å². The highest BCUT2D eigenvalue weighted by molar-refractivity contribution is 14.0. The van der Waals surface area contributed by atoms with Gasteiger partial charge < -0.3 is 20.3 Å². The topological polar surface area (TPSA) is 69.2 Å². The van der Waals surface area contributed by atoms with E-state index in [4.69, 9.17) is 4.74 Å². The third-order valence-electron chi connectivity index (χ3n) is 4.38. The van der Waals surface area contributed by atoms with Gasteiger partial charge >= 0.3 is 0 Å². The van der Waals surface area contributed by atoms with Gasteiger partial charge in [-0.25, -0.2) is 4.99 Å². The lowest BCUT2D eigenvalue weighted by molar-refractivity contribution is -0.127. The molecule has 1 unspecified atom stereocenters. The summed E-state index contributed by atoms with van der Waals surface area (Å²) in [7, 11) is 3.49. The number of nitrogens with one attached hydrogen (secondary N) is 2. The molecule has 2 N–H and O–H groups in total. The van der Waals surface area contributed by atoms with E-state index in [0.29, 0.717) is 18.0 Å². The number of halogens is 1. The van der Waals surface area contributed by atoms with Gasteiger partial charge in [0.2, 0.25) is 5.91 Å². The Morgan fingerprint density at radius 2 is 1.85 bits per heavy atom. The second kappa shape index (κ2) is 13.5. The molecule has 1 saturated heterocycles.